The Bertz CT molecular complexity index is 573. The van der Waals surface area contributed by atoms with Crippen LogP contribution < -0.4 is 4.74 Å². The Kier molecular flexibility index (Phi) is 3.28. The number of aliphatic hydroxyl groups excluding tert-OH is 1. The topological polar surface area (TPSA) is 46.5 Å². The summed E-state index contributed by atoms with van der Waals surface area (Å²) in [6.45, 7) is 2.13. The predicted molar refractivity (Wildman–Crippen MR) is 77.7 cm³/mol. The highest BCUT2D eigenvalue weighted by Crippen LogP contribution is 2.47. The van der Waals surface area contributed by atoms with Gasteiger partial charge in [-0.1, -0.05) is 25.5 Å². The summed E-state index contributed by atoms with van der Waals surface area (Å²) in [6.07, 6.45) is 5.00. The van der Waals surface area contributed by atoms with Gasteiger partial charge < -0.3 is 9.84 Å². The number of hydrogen-bond acceptors (Lipinski definition) is 3. The molecule has 20 heavy (non-hydrogen) atoms. The van der Waals surface area contributed by atoms with E-state index in [0.29, 0.717) is 23.3 Å². The van der Waals surface area contributed by atoms with Crippen molar-refractivity contribution in [2.75, 3.05) is 0 Å². The van der Waals surface area contributed by atoms with Crippen molar-refractivity contribution in [2.45, 2.75) is 51.0 Å². The molecule has 106 valence electrons. The average molecular weight is 272 g/mol. The molecule has 1 heterocycles. The second-order valence-corrected chi connectivity index (χ2v) is 5.70. The number of rotatable bonds is 3. The molecule has 1 aliphatic heterocycles. The van der Waals surface area contributed by atoms with Crippen LogP contribution in [0, 0.1) is 0 Å². The van der Waals surface area contributed by atoms with E-state index in [0.717, 1.165) is 32.1 Å². The number of ketones is 1. The summed E-state index contributed by atoms with van der Waals surface area (Å²) in [4.78, 5) is 12.3. The molecule has 0 spiro atoms. The first-order valence-electron chi connectivity index (χ1n) is 7.43. The van der Waals surface area contributed by atoms with E-state index >= 15 is 0 Å². The van der Waals surface area contributed by atoms with E-state index < -0.39 is 5.60 Å². The van der Waals surface area contributed by atoms with Gasteiger partial charge in [-0.3, -0.25) is 4.79 Å². The SMILES string of the molecule is CCCCC12CCCC(=O)C1=C(O)c1ccccc1O2. The first-order chi connectivity index (χ1) is 9.68. The minimum atomic E-state index is -0.607. The van der Waals surface area contributed by atoms with Gasteiger partial charge in [-0.25, -0.2) is 0 Å². The number of fused-ring (bicyclic) bond motifs is 2. The summed E-state index contributed by atoms with van der Waals surface area (Å²) in [6, 6.07) is 7.43. The van der Waals surface area contributed by atoms with Crippen molar-refractivity contribution in [3.63, 3.8) is 0 Å². The number of carbonyl (C=O) groups excluding carboxylic acids is 1. The van der Waals surface area contributed by atoms with Crippen molar-refractivity contribution in [1.29, 1.82) is 0 Å². The number of ether oxygens (including phenoxy) is 1. The van der Waals surface area contributed by atoms with Crippen LogP contribution in [0.15, 0.2) is 29.8 Å². The molecule has 1 aliphatic carbocycles. The molecular formula is C17H20O3. The van der Waals surface area contributed by atoms with E-state index in [2.05, 4.69) is 6.92 Å². The quantitative estimate of drug-likeness (QED) is 0.903. The highest BCUT2D eigenvalue weighted by Gasteiger charge is 2.47. The standard InChI is InChI=1S/C17H20O3/c1-2-3-10-17-11-6-8-13(18)15(17)16(19)12-7-4-5-9-14(12)20-17/h4-5,7,9,19H,2-3,6,8,10-11H2,1H3. The summed E-state index contributed by atoms with van der Waals surface area (Å²) >= 11 is 0. The number of unbranched alkanes of at least 4 members (excludes halogenated alkanes) is 1. The number of aliphatic hydroxyl groups is 1. The average Bonchev–Trinajstić information content (AvgIpc) is 2.45. The Morgan fingerprint density at radius 2 is 2.15 bits per heavy atom. The molecule has 0 aromatic heterocycles. The molecule has 1 saturated carbocycles. The van der Waals surface area contributed by atoms with Gasteiger partial charge in [-0.15, -0.1) is 0 Å². The molecule has 1 aromatic carbocycles. The minimum absolute atomic E-state index is 0.0411. The van der Waals surface area contributed by atoms with E-state index in [4.69, 9.17) is 4.74 Å². The summed E-state index contributed by atoms with van der Waals surface area (Å²) in [5.41, 5.74) is 0.546. The zero-order valence-electron chi connectivity index (χ0n) is 11.8. The minimum Gasteiger partial charge on any atom is -0.507 e. The number of para-hydroxylation sites is 1. The van der Waals surface area contributed by atoms with Crippen molar-refractivity contribution in [1.82, 2.24) is 0 Å². The monoisotopic (exact) mass is 272 g/mol. The fourth-order valence-corrected chi connectivity index (χ4v) is 3.35. The Balaban J connectivity index is 2.13. The van der Waals surface area contributed by atoms with Crippen LogP contribution in [0.4, 0.5) is 0 Å². The lowest BCUT2D eigenvalue weighted by Crippen LogP contribution is -2.46. The van der Waals surface area contributed by atoms with Crippen LogP contribution >= 0.6 is 0 Å². The number of carbonyl (C=O) groups is 1. The molecule has 3 nitrogen and oxygen atoms in total. The molecule has 1 unspecified atom stereocenters. The molecule has 1 N–H and O–H groups in total. The third-order valence-corrected chi connectivity index (χ3v) is 4.34. The summed E-state index contributed by atoms with van der Waals surface area (Å²) in [5.74, 6) is 0.867. The smallest absolute Gasteiger partial charge is 0.166 e. The number of benzene rings is 1. The fourth-order valence-electron chi connectivity index (χ4n) is 3.35. The first kappa shape index (κ1) is 13.2. The van der Waals surface area contributed by atoms with E-state index in [1.807, 2.05) is 24.3 Å². The molecule has 0 radical (unpaired) electrons. The van der Waals surface area contributed by atoms with Gasteiger partial charge in [-0.05, 0) is 37.8 Å². The normalized spacial score (nSPS) is 24.9. The molecule has 0 amide bonds. The molecule has 2 aliphatic rings. The van der Waals surface area contributed by atoms with Crippen LogP contribution in [0.2, 0.25) is 0 Å². The Hall–Kier alpha value is -1.77. The predicted octanol–water partition coefficient (Wildman–Crippen LogP) is 4.03. The third kappa shape index (κ3) is 1.92. The molecular weight excluding hydrogens is 252 g/mol. The molecule has 3 rings (SSSR count). The van der Waals surface area contributed by atoms with Gasteiger partial charge in [0.2, 0.25) is 0 Å². The van der Waals surface area contributed by atoms with Gasteiger partial charge in [0.25, 0.3) is 0 Å². The van der Waals surface area contributed by atoms with Crippen LogP contribution in [0.1, 0.15) is 51.0 Å². The Morgan fingerprint density at radius 3 is 2.95 bits per heavy atom. The van der Waals surface area contributed by atoms with Gasteiger partial charge in [0.1, 0.15) is 17.1 Å². The number of Topliss-reactive ketones (excluding diaryl/α,β-unsaturated/α-hetero) is 1. The molecule has 0 bridgehead atoms. The van der Waals surface area contributed by atoms with E-state index in [-0.39, 0.29) is 11.5 Å². The van der Waals surface area contributed by atoms with Crippen LogP contribution in [0.5, 0.6) is 5.75 Å². The molecule has 3 heteroatoms. The van der Waals surface area contributed by atoms with Gasteiger partial charge in [0.05, 0.1) is 11.1 Å². The van der Waals surface area contributed by atoms with Crippen molar-refractivity contribution in [3.05, 3.63) is 35.4 Å². The molecule has 0 saturated heterocycles. The van der Waals surface area contributed by atoms with Crippen molar-refractivity contribution < 1.29 is 14.6 Å². The lowest BCUT2D eigenvalue weighted by molar-refractivity contribution is -0.120. The van der Waals surface area contributed by atoms with Gasteiger partial charge in [0, 0.05) is 6.42 Å². The zero-order valence-corrected chi connectivity index (χ0v) is 11.8. The number of hydrogen-bond donors (Lipinski definition) is 1. The lowest BCUT2D eigenvalue weighted by Gasteiger charge is -2.42. The highest BCUT2D eigenvalue weighted by molar-refractivity contribution is 6.05. The Labute approximate surface area is 119 Å². The third-order valence-electron chi connectivity index (χ3n) is 4.34. The van der Waals surface area contributed by atoms with Gasteiger partial charge in [-0.2, -0.15) is 0 Å². The largest absolute Gasteiger partial charge is 0.507 e. The molecule has 1 atom stereocenters. The second kappa shape index (κ2) is 4.97. The van der Waals surface area contributed by atoms with E-state index in [1.54, 1.807) is 0 Å². The lowest BCUT2D eigenvalue weighted by atomic mass is 9.73. The van der Waals surface area contributed by atoms with Crippen molar-refractivity contribution >= 4 is 11.5 Å². The summed E-state index contributed by atoms with van der Waals surface area (Å²) in [5, 5.41) is 10.6. The van der Waals surface area contributed by atoms with Gasteiger partial charge in [0.15, 0.2) is 5.78 Å². The molecule has 1 aromatic rings. The van der Waals surface area contributed by atoms with E-state index in [1.165, 1.54) is 0 Å². The maximum atomic E-state index is 12.3. The fraction of sp³-hybridized carbons (Fsp3) is 0.471. The van der Waals surface area contributed by atoms with Crippen LogP contribution in [-0.2, 0) is 4.79 Å². The van der Waals surface area contributed by atoms with Crippen LogP contribution in [0.3, 0.4) is 0 Å². The molecule has 1 fully saturated rings. The van der Waals surface area contributed by atoms with Crippen LogP contribution in [-0.4, -0.2) is 16.5 Å². The maximum absolute atomic E-state index is 12.3. The van der Waals surface area contributed by atoms with Crippen molar-refractivity contribution in [2.24, 2.45) is 0 Å². The van der Waals surface area contributed by atoms with Crippen LogP contribution in [0.25, 0.3) is 5.76 Å². The van der Waals surface area contributed by atoms with Gasteiger partial charge >= 0.3 is 0 Å². The maximum Gasteiger partial charge on any atom is 0.166 e. The first-order valence-corrected chi connectivity index (χ1v) is 7.43. The highest BCUT2D eigenvalue weighted by atomic mass is 16.5. The summed E-state index contributed by atoms with van der Waals surface area (Å²) in [7, 11) is 0. The zero-order chi connectivity index (χ0) is 14.2. The van der Waals surface area contributed by atoms with Crippen molar-refractivity contribution in [3.8, 4) is 5.75 Å². The second-order valence-electron chi connectivity index (χ2n) is 5.70. The summed E-state index contributed by atoms with van der Waals surface area (Å²) < 4.78 is 6.23. The Morgan fingerprint density at radius 1 is 1.35 bits per heavy atom. The van der Waals surface area contributed by atoms with E-state index in [9.17, 15) is 9.90 Å².